The van der Waals surface area contributed by atoms with E-state index in [-0.39, 0.29) is 22.4 Å². The van der Waals surface area contributed by atoms with Gasteiger partial charge in [-0.2, -0.15) is 0 Å². The maximum Gasteiger partial charge on any atom is 1.00 e. The maximum atomic E-state index is 9.55. The Morgan fingerprint density at radius 2 is 2.25 bits per heavy atom. The van der Waals surface area contributed by atoms with Gasteiger partial charge in [0.15, 0.2) is 0 Å². The third-order valence-corrected chi connectivity index (χ3v) is 1.06. The normalized spacial score (nSPS) is 11.8. The Labute approximate surface area is 67.0 Å². The van der Waals surface area contributed by atoms with Crippen molar-refractivity contribution in [1.82, 2.24) is 0 Å². The van der Waals surface area contributed by atoms with Crippen LogP contribution in [0.5, 0.6) is 0 Å². The zero-order chi connectivity index (χ0) is 5.86. The van der Waals surface area contributed by atoms with E-state index in [1.165, 1.54) is 6.26 Å². The summed E-state index contributed by atoms with van der Waals surface area (Å²) in [6.45, 7) is 0. The molecule has 1 atom stereocenters. The molecular weight excluding hydrogens is 313 g/mol. The standard InChI is InChI=1S/C3H6O3S.Au/c1-7-3(6)2(4)5;/h3,6H,1H3,(H,4,5);/q;+1/p-1. The van der Waals surface area contributed by atoms with E-state index in [0.717, 1.165) is 11.8 Å². The molecule has 0 fully saturated rings. The fraction of sp³-hybridized carbons (Fsp3) is 0.667. The van der Waals surface area contributed by atoms with Gasteiger partial charge < -0.3 is 15.0 Å². The first-order valence-electron chi connectivity index (χ1n) is 1.60. The Balaban J connectivity index is 0. The third kappa shape index (κ3) is 4.67. The average Bonchev–Trinajstić information content (AvgIpc) is 1.65. The van der Waals surface area contributed by atoms with Gasteiger partial charge in [0.1, 0.15) is 5.44 Å². The Kier molecular flexibility index (Phi) is 8.01. The smallest absolute Gasteiger partial charge is 0.546 e. The summed E-state index contributed by atoms with van der Waals surface area (Å²) in [5.41, 5.74) is -1.38. The van der Waals surface area contributed by atoms with Gasteiger partial charge in [-0.05, 0) is 6.26 Å². The predicted octanol–water partition coefficient (Wildman–Crippen LogP) is -1.58. The summed E-state index contributed by atoms with van der Waals surface area (Å²) in [6.07, 6.45) is 1.49. The Morgan fingerprint density at radius 3 is 2.25 bits per heavy atom. The number of hydrogen-bond acceptors (Lipinski definition) is 4. The number of carbonyl (C=O) groups excluding carboxylic acids is 1. The Morgan fingerprint density at radius 1 is 1.88 bits per heavy atom. The van der Waals surface area contributed by atoms with Crippen LogP contribution in [-0.2, 0) is 27.2 Å². The molecule has 8 heavy (non-hydrogen) atoms. The van der Waals surface area contributed by atoms with Crippen LogP contribution in [0.4, 0.5) is 0 Å². The van der Waals surface area contributed by atoms with Crippen LogP contribution < -0.4 is 5.11 Å². The van der Waals surface area contributed by atoms with Crippen LogP contribution in [0.25, 0.3) is 0 Å². The molecule has 0 aromatic rings. The van der Waals surface area contributed by atoms with E-state index in [1.54, 1.807) is 0 Å². The van der Waals surface area contributed by atoms with E-state index >= 15 is 0 Å². The molecule has 0 spiro atoms. The number of aliphatic carboxylic acids is 1. The molecular formula is C3H5AuO3S. The number of aliphatic hydroxyl groups excluding tert-OH is 1. The zero-order valence-electron chi connectivity index (χ0n) is 4.05. The summed E-state index contributed by atoms with van der Waals surface area (Å²) in [4.78, 5) is 9.55. The molecule has 3 nitrogen and oxygen atoms in total. The van der Waals surface area contributed by atoms with Crippen molar-refractivity contribution in [2.45, 2.75) is 5.44 Å². The number of thioether (sulfide) groups is 1. The fourth-order valence-corrected chi connectivity index (χ4v) is 0.289. The second-order valence-electron chi connectivity index (χ2n) is 0.907. The van der Waals surface area contributed by atoms with Gasteiger partial charge in [-0.1, -0.05) is 0 Å². The molecule has 5 heteroatoms. The largest absolute Gasteiger partial charge is 1.00 e. The first-order valence-corrected chi connectivity index (χ1v) is 2.89. The molecule has 0 aliphatic heterocycles. The van der Waals surface area contributed by atoms with Crippen LogP contribution in [0.3, 0.4) is 0 Å². The van der Waals surface area contributed by atoms with Gasteiger partial charge in [-0.3, -0.25) is 0 Å². The van der Waals surface area contributed by atoms with Crippen molar-refractivity contribution in [3.05, 3.63) is 0 Å². The van der Waals surface area contributed by atoms with E-state index in [4.69, 9.17) is 5.11 Å². The van der Waals surface area contributed by atoms with Crippen LogP contribution in [0.2, 0.25) is 0 Å². The van der Waals surface area contributed by atoms with Gasteiger partial charge in [0.05, 0.1) is 5.97 Å². The van der Waals surface area contributed by atoms with Crippen molar-refractivity contribution < 1.29 is 37.4 Å². The van der Waals surface area contributed by atoms with E-state index in [9.17, 15) is 9.90 Å². The molecule has 1 unspecified atom stereocenters. The van der Waals surface area contributed by atoms with Gasteiger partial charge in [-0.25, -0.2) is 0 Å². The summed E-state index contributed by atoms with van der Waals surface area (Å²) in [6, 6.07) is 0. The minimum Gasteiger partial charge on any atom is -0.546 e. The number of carboxylic acids is 1. The maximum absolute atomic E-state index is 9.55. The van der Waals surface area contributed by atoms with E-state index in [1.807, 2.05) is 0 Å². The number of carbonyl (C=O) groups is 1. The summed E-state index contributed by atoms with van der Waals surface area (Å²) < 4.78 is 0. The van der Waals surface area contributed by atoms with Crippen LogP contribution in [0.1, 0.15) is 0 Å². The molecule has 0 aromatic heterocycles. The van der Waals surface area contributed by atoms with E-state index < -0.39 is 11.4 Å². The molecule has 0 heterocycles. The Hall–Kier alpha value is 0.520. The van der Waals surface area contributed by atoms with Crippen LogP contribution >= 0.6 is 11.8 Å². The minimum atomic E-state index is -1.44. The molecule has 0 saturated heterocycles. The minimum absolute atomic E-state index is 0. The summed E-state index contributed by atoms with van der Waals surface area (Å²) in [5, 5.41) is 17.8. The number of carboxylic acid groups (broad SMARTS) is 1. The van der Waals surface area contributed by atoms with Crippen molar-refractivity contribution in [2.75, 3.05) is 6.26 Å². The van der Waals surface area contributed by atoms with E-state index in [2.05, 4.69) is 0 Å². The molecule has 52 valence electrons. The summed E-state index contributed by atoms with van der Waals surface area (Å²) in [5.74, 6) is -1.44. The topological polar surface area (TPSA) is 60.4 Å². The molecule has 0 aliphatic rings. The van der Waals surface area contributed by atoms with Crippen molar-refractivity contribution >= 4 is 17.7 Å². The second-order valence-corrected chi connectivity index (χ2v) is 1.83. The first-order chi connectivity index (χ1) is 3.18. The van der Waals surface area contributed by atoms with Crippen molar-refractivity contribution in [1.29, 1.82) is 0 Å². The SMILES string of the molecule is CSC(O)C(=O)[O-].[Au+]. The van der Waals surface area contributed by atoms with Gasteiger partial charge >= 0.3 is 22.4 Å². The molecule has 0 saturated carbocycles. The number of aliphatic hydroxyl groups is 1. The van der Waals surface area contributed by atoms with Gasteiger partial charge in [0, 0.05) is 0 Å². The van der Waals surface area contributed by atoms with Gasteiger partial charge in [-0.15, -0.1) is 11.8 Å². The molecule has 0 aromatic carbocycles. The van der Waals surface area contributed by atoms with Gasteiger partial charge in [0.2, 0.25) is 0 Å². The van der Waals surface area contributed by atoms with Crippen LogP contribution in [0.15, 0.2) is 0 Å². The monoisotopic (exact) mass is 318 g/mol. The Bertz CT molecular complexity index is 76.9. The summed E-state index contributed by atoms with van der Waals surface area (Å²) >= 11 is 0.826. The molecule has 0 radical (unpaired) electrons. The molecule has 0 aliphatic carbocycles. The average molecular weight is 318 g/mol. The van der Waals surface area contributed by atoms with Crippen molar-refractivity contribution in [3.8, 4) is 0 Å². The van der Waals surface area contributed by atoms with Crippen LogP contribution in [-0.4, -0.2) is 22.8 Å². The predicted molar refractivity (Wildman–Crippen MR) is 24.5 cm³/mol. The van der Waals surface area contributed by atoms with E-state index in [0.29, 0.717) is 0 Å². The summed E-state index contributed by atoms with van der Waals surface area (Å²) in [7, 11) is 0. The number of rotatable bonds is 2. The van der Waals surface area contributed by atoms with Crippen molar-refractivity contribution in [2.24, 2.45) is 0 Å². The number of hydrogen-bond donors (Lipinski definition) is 1. The van der Waals surface area contributed by atoms with Gasteiger partial charge in [0.25, 0.3) is 0 Å². The molecule has 1 N–H and O–H groups in total. The van der Waals surface area contributed by atoms with Crippen molar-refractivity contribution in [3.63, 3.8) is 0 Å². The zero-order valence-corrected chi connectivity index (χ0v) is 7.03. The first kappa shape index (κ1) is 11.3. The third-order valence-electron chi connectivity index (χ3n) is 0.425. The molecule has 0 rings (SSSR count). The molecule has 0 amide bonds. The second kappa shape index (κ2) is 5.65. The molecule has 0 bridgehead atoms. The van der Waals surface area contributed by atoms with Crippen LogP contribution in [0, 0.1) is 0 Å². The fourth-order valence-electron chi connectivity index (χ4n) is 0.0962. The quantitative estimate of drug-likeness (QED) is 0.493.